The molecule has 0 radical (unpaired) electrons. The monoisotopic (exact) mass is 124 g/mol. The van der Waals surface area contributed by atoms with Gasteiger partial charge in [0.25, 0.3) is 0 Å². The van der Waals surface area contributed by atoms with Gasteiger partial charge >= 0.3 is 5.97 Å². The molecule has 48 valence electrons. The summed E-state index contributed by atoms with van der Waals surface area (Å²) in [5, 5.41) is 0. The molecule has 0 aromatic carbocycles. The van der Waals surface area contributed by atoms with Gasteiger partial charge in [0.15, 0.2) is 0 Å². The Kier molecular flexibility index (Phi) is 1.74. The van der Waals surface area contributed by atoms with Crippen LogP contribution in [0.15, 0.2) is 0 Å². The third-order valence-corrected chi connectivity index (χ3v) is 1.14. The molecule has 0 amide bonds. The summed E-state index contributed by atoms with van der Waals surface area (Å²) in [5.74, 6) is 5.21. The van der Waals surface area contributed by atoms with Crippen molar-refractivity contribution in [2.45, 2.75) is 12.8 Å². The Bertz CT molecular complexity index is 169. The van der Waals surface area contributed by atoms with Crippen LogP contribution >= 0.6 is 0 Å². The first-order valence-corrected chi connectivity index (χ1v) is 2.92. The second kappa shape index (κ2) is 2.54. The number of rotatable bonds is 0. The molecule has 2 heteroatoms. The van der Waals surface area contributed by atoms with Gasteiger partial charge in [0, 0.05) is 11.8 Å². The van der Waals surface area contributed by atoms with E-state index in [4.69, 9.17) is 0 Å². The molecule has 0 atom stereocenters. The predicted octanol–water partition coefficient (Wildman–Crippen LogP) is 0.573. The van der Waals surface area contributed by atoms with Gasteiger partial charge in [-0.05, 0) is 12.8 Å². The fourth-order valence-corrected chi connectivity index (χ4v) is 0.440. The molecule has 0 saturated heterocycles. The van der Waals surface area contributed by atoms with Crippen LogP contribution < -0.4 is 0 Å². The minimum Gasteiger partial charge on any atom is -0.459 e. The van der Waals surface area contributed by atoms with Gasteiger partial charge in [-0.1, -0.05) is 5.92 Å². The molecule has 0 spiro atoms. The third kappa shape index (κ3) is 2.18. The quantitative estimate of drug-likeness (QED) is 0.268. The predicted molar refractivity (Wildman–Crippen MR) is 32.5 cm³/mol. The lowest BCUT2D eigenvalue weighted by Gasteiger charge is -1.82. The Morgan fingerprint density at radius 1 is 1.67 bits per heavy atom. The molecule has 0 N–H and O–H groups in total. The van der Waals surface area contributed by atoms with Crippen molar-refractivity contribution in [2.24, 2.45) is 5.92 Å². The Balaban J connectivity index is 2.30. The van der Waals surface area contributed by atoms with Gasteiger partial charge < -0.3 is 4.74 Å². The topological polar surface area (TPSA) is 26.3 Å². The van der Waals surface area contributed by atoms with Crippen LogP contribution in [0.2, 0.25) is 0 Å². The molecule has 0 aliphatic heterocycles. The smallest absolute Gasteiger partial charge is 0.384 e. The van der Waals surface area contributed by atoms with Gasteiger partial charge in [-0.15, -0.1) is 0 Å². The summed E-state index contributed by atoms with van der Waals surface area (Å²) in [6, 6.07) is 0. The third-order valence-electron chi connectivity index (χ3n) is 1.14. The van der Waals surface area contributed by atoms with Gasteiger partial charge in [0.2, 0.25) is 0 Å². The van der Waals surface area contributed by atoms with Crippen LogP contribution in [0, 0.1) is 17.8 Å². The zero-order chi connectivity index (χ0) is 6.69. The summed E-state index contributed by atoms with van der Waals surface area (Å²) >= 11 is 0. The van der Waals surface area contributed by atoms with E-state index >= 15 is 0 Å². The van der Waals surface area contributed by atoms with Crippen LogP contribution in [0.5, 0.6) is 0 Å². The molecule has 0 bridgehead atoms. The first-order valence-electron chi connectivity index (χ1n) is 2.92. The van der Waals surface area contributed by atoms with Gasteiger partial charge in [-0.3, -0.25) is 0 Å². The second-order valence-corrected chi connectivity index (χ2v) is 2.04. The maximum absolute atomic E-state index is 10.3. The van der Waals surface area contributed by atoms with E-state index in [1.165, 1.54) is 7.11 Å². The van der Waals surface area contributed by atoms with Gasteiger partial charge in [-0.25, -0.2) is 4.79 Å². The summed E-state index contributed by atoms with van der Waals surface area (Å²) < 4.78 is 4.32. The minimum atomic E-state index is -0.429. The van der Waals surface area contributed by atoms with E-state index in [0.29, 0.717) is 5.92 Å². The lowest BCUT2D eigenvalue weighted by atomic mass is 10.4. The first-order chi connectivity index (χ1) is 4.33. The average Bonchev–Trinajstić information content (AvgIpc) is 2.65. The van der Waals surface area contributed by atoms with Crippen LogP contribution in [-0.2, 0) is 9.53 Å². The van der Waals surface area contributed by atoms with Crippen LogP contribution in [-0.4, -0.2) is 13.1 Å². The number of methoxy groups -OCH3 is 1. The zero-order valence-electron chi connectivity index (χ0n) is 5.31. The standard InChI is InChI=1S/C7H8O2/c1-9-7(8)5-4-6-2-3-6/h6H,2-3H2,1H3. The summed E-state index contributed by atoms with van der Waals surface area (Å²) in [7, 11) is 1.34. The number of carbonyl (C=O) groups is 1. The molecule has 9 heavy (non-hydrogen) atoms. The van der Waals surface area contributed by atoms with E-state index in [9.17, 15) is 4.79 Å². The van der Waals surface area contributed by atoms with E-state index in [1.54, 1.807) is 0 Å². The fraction of sp³-hybridized carbons (Fsp3) is 0.571. The van der Waals surface area contributed by atoms with Gasteiger partial charge in [0.05, 0.1) is 7.11 Å². The highest BCUT2D eigenvalue weighted by atomic mass is 16.5. The highest BCUT2D eigenvalue weighted by Crippen LogP contribution is 2.27. The van der Waals surface area contributed by atoms with E-state index < -0.39 is 5.97 Å². The molecule has 1 saturated carbocycles. The molecule has 1 fully saturated rings. The van der Waals surface area contributed by atoms with Crippen molar-refractivity contribution in [2.75, 3.05) is 7.11 Å². The van der Waals surface area contributed by atoms with E-state index in [0.717, 1.165) is 12.8 Å². The molecule has 0 heterocycles. The molecular formula is C7H8O2. The highest BCUT2D eigenvalue weighted by molar-refractivity contribution is 5.88. The van der Waals surface area contributed by atoms with E-state index in [1.807, 2.05) is 0 Å². The SMILES string of the molecule is COC(=O)C#CC1CC1. The highest BCUT2D eigenvalue weighted by Gasteiger charge is 2.18. The maximum atomic E-state index is 10.3. The first kappa shape index (κ1) is 6.15. The number of hydrogen-bond donors (Lipinski definition) is 0. The van der Waals surface area contributed by atoms with Crippen LogP contribution in [0.4, 0.5) is 0 Å². The molecule has 1 aliphatic carbocycles. The van der Waals surface area contributed by atoms with Crippen molar-refractivity contribution in [3.05, 3.63) is 0 Å². The number of ether oxygens (including phenoxy) is 1. The van der Waals surface area contributed by atoms with Crippen LogP contribution in [0.3, 0.4) is 0 Å². The molecule has 2 nitrogen and oxygen atoms in total. The molecule has 0 aromatic rings. The Morgan fingerprint density at radius 3 is 2.78 bits per heavy atom. The van der Waals surface area contributed by atoms with Gasteiger partial charge in [-0.2, -0.15) is 0 Å². The summed E-state index contributed by atoms with van der Waals surface area (Å²) in [6.45, 7) is 0. The lowest BCUT2D eigenvalue weighted by Crippen LogP contribution is -1.94. The molecule has 1 rings (SSSR count). The van der Waals surface area contributed by atoms with Crippen LogP contribution in [0.25, 0.3) is 0 Å². The summed E-state index contributed by atoms with van der Waals surface area (Å²) in [6.07, 6.45) is 2.29. The second-order valence-electron chi connectivity index (χ2n) is 2.04. The van der Waals surface area contributed by atoms with Crippen molar-refractivity contribution in [3.63, 3.8) is 0 Å². The average molecular weight is 124 g/mol. The lowest BCUT2D eigenvalue weighted by molar-refractivity contribution is -0.133. The Labute approximate surface area is 54.2 Å². The zero-order valence-corrected chi connectivity index (χ0v) is 5.31. The molecule has 1 aliphatic rings. The Hall–Kier alpha value is -0.970. The summed E-state index contributed by atoms with van der Waals surface area (Å²) in [5.41, 5.74) is 0. The number of carbonyl (C=O) groups excluding carboxylic acids is 1. The van der Waals surface area contributed by atoms with E-state index in [2.05, 4.69) is 16.6 Å². The minimum absolute atomic E-state index is 0.429. The normalized spacial score (nSPS) is 15.7. The maximum Gasteiger partial charge on any atom is 0.384 e. The summed E-state index contributed by atoms with van der Waals surface area (Å²) in [4.78, 5) is 10.3. The molecule has 0 unspecified atom stereocenters. The molecular weight excluding hydrogens is 116 g/mol. The fourth-order valence-electron chi connectivity index (χ4n) is 0.440. The van der Waals surface area contributed by atoms with Crippen molar-refractivity contribution < 1.29 is 9.53 Å². The number of hydrogen-bond acceptors (Lipinski definition) is 2. The van der Waals surface area contributed by atoms with Crippen LogP contribution in [0.1, 0.15) is 12.8 Å². The number of esters is 1. The molecule has 0 aromatic heterocycles. The largest absolute Gasteiger partial charge is 0.459 e. The van der Waals surface area contributed by atoms with Crippen molar-refractivity contribution in [3.8, 4) is 11.8 Å². The Morgan fingerprint density at radius 2 is 2.33 bits per heavy atom. The van der Waals surface area contributed by atoms with Crippen molar-refractivity contribution in [1.29, 1.82) is 0 Å². The van der Waals surface area contributed by atoms with Crippen molar-refractivity contribution >= 4 is 5.97 Å². The van der Waals surface area contributed by atoms with Gasteiger partial charge in [0.1, 0.15) is 0 Å². The van der Waals surface area contributed by atoms with E-state index in [-0.39, 0.29) is 0 Å². The van der Waals surface area contributed by atoms with Crippen molar-refractivity contribution in [1.82, 2.24) is 0 Å².